The molecule has 0 unspecified atom stereocenters. The van der Waals surface area contributed by atoms with Crippen LogP contribution < -0.4 is 0 Å². The molecule has 0 saturated heterocycles. The van der Waals surface area contributed by atoms with Gasteiger partial charge in [0.2, 0.25) is 0 Å². The molecular weight excluding hydrogens is 112 g/mol. The number of hydrogen-bond donors (Lipinski definition) is 0. The molecule has 1 nitrogen and oxygen atoms in total. The van der Waals surface area contributed by atoms with Crippen molar-refractivity contribution in [2.45, 2.75) is 26.2 Å². The molecule has 0 aromatic rings. The van der Waals surface area contributed by atoms with E-state index in [-0.39, 0.29) is 0 Å². The number of allylic oxidation sites excluding steroid dienone is 1. The minimum Gasteiger partial charge on any atom is -0.381 e. The van der Waals surface area contributed by atoms with Gasteiger partial charge in [0.05, 0.1) is 0 Å². The van der Waals surface area contributed by atoms with E-state index < -0.39 is 0 Å². The van der Waals surface area contributed by atoms with Crippen LogP contribution in [-0.4, -0.2) is 13.2 Å². The van der Waals surface area contributed by atoms with Crippen LogP contribution in [0.2, 0.25) is 0 Å². The minimum atomic E-state index is 0.849. The molecule has 0 fully saturated rings. The Morgan fingerprint density at radius 3 is 2.78 bits per heavy atom. The van der Waals surface area contributed by atoms with E-state index in [1.54, 1.807) is 6.08 Å². The normalized spacial score (nSPS) is 9.44. The van der Waals surface area contributed by atoms with Crippen LogP contribution >= 0.6 is 0 Å². The first-order valence-corrected chi connectivity index (χ1v) is 3.53. The SMILES string of the molecule is [CH]=CCCCOCCC. The average molecular weight is 127 g/mol. The van der Waals surface area contributed by atoms with E-state index in [4.69, 9.17) is 11.3 Å². The van der Waals surface area contributed by atoms with E-state index in [1.165, 1.54) is 0 Å². The van der Waals surface area contributed by atoms with Gasteiger partial charge in [0.25, 0.3) is 0 Å². The molecule has 53 valence electrons. The van der Waals surface area contributed by atoms with Crippen molar-refractivity contribution in [1.82, 2.24) is 0 Å². The fourth-order valence-corrected chi connectivity index (χ4v) is 0.550. The van der Waals surface area contributed by atoms with Crippen LogP contribution in [0.3, 0.4) is 0 Å². The maximum atomic E-state index is 5.21. The number of rotatable bonds is 6. The summed E-state index contributed by atoms with van der Waals surface area (Å²) in [5.74, 6) is 0. The molecule has 0 bridgehead atoms. The second kappa shape index (κ2) is 7.70. The van der Waals surface area contributed by atoms with Crippen LogP contribution in [0.4, 0.5) is 0 Å². The molecule has 0 atom stereocenters. The highest BCUT2D eigenvalue weighted by atomic mass is 16.5. The zero-order chi connectivity index (χ0) is 6.95. The van der Waals surface area contributed by atoms with Gasteiger partial charge in [-0.15, -0.1) is 0 Å². The molecule has 0 rings (SSSR count). The summed E-state index contributed by atoms with van der Waals surface area (Å²) in [7, 11) is 0. The summed E-state index contributed by atoms with van der Waals surface area (Å²) in [5, 5.41) is 0. The van der Waals surface area contributed by atoms with E-state index in [0.717, 1.165) is 32.5 Å². The van der Waals surface area contributed by atoms with Gasteiger partial charge in [-0.05, 0) is 19.3 Å². The molecule has 1 radical (unpaired) electrons. The highest BCUT2D eigenvalue weighted by Gasteiger charge is 1.83. The van der Waals surface area contributed by atoms with Crippen LogP contribution in [-0.2, 0) is 4.74 Å². The van der Waals surface area contributed by atoms with Crippen LogP contribution in [0.1, 0.15) is 26.2 Å². The van der Waals surface area contributed by atoms with Crippen molar-refractivity contribution in [3.8, 4) is 0 Å². The number of hydrogen-bond acceptors (Lipinski definition) is 1. The first-order valence-electron chi connectivity index (χ1n) is 3.53. The molecule has 0 amide bonds. The monoisotopic (exact) mass is 127 g/mol. The fourth-order valence-electron chi connectivity index (χ4n) is 0.550. The van der Waals surface area contributed by atoms with Gasteiger partial charge in [-0.1, -0.05) is 19.6 Å². The molecule has 0 heterocycles. The highest BCUT2D eigenvalue weighted by Crippen LogP contribution is 1.90. The van der Waals surface area contributed by atoms with Gasteiger partial charge < -0.3 is 4.74 Å². The lowest BCUT2D eigenvalue weighted by Gasteiger charge is -1.98. The fraction of sp³-hybridized carbons (Fsp3) is 0.750. The third-order valence-electron chi connectivity index (χ3n) is 1.01. The van der Waals surface area contributed by atoms with E-state index >= 15 is 0 Å². The average Bonchev–Trinajstić information content (AvgIpc) is 1.89. The summed E-state index contributed by atoms with van der Waals surface area (Å²) in [5.41, 5.74) is 0. The number of unbranched alkanes of at least 4 members (excludes halogenated alkanes) is 1. The molecule has 0 N–H and O–H groups in total. The number of ether oxygens (including phenoxy) is 1. The molecule has 0 spiro atoms. The molecular formula is C8H15O. The largest absolute Gasteiger partial charge is 0.381 e. The summed E-state index contributed by atoms with van der Waals surface area (Å²) in [4.78, 5) is 0. The maximum Gasteiger partial charge on any atom is 0.0468 e. The zero-order valence-electron chi connectivity index (χ0n) is 6.10. The first kappa shape index (κ1) is 8.70. The van der Waals surface area contributed by atoms with E-state index in [1.807, 2.05) is 0 Å². The molecule has 0 aliphatic heterocycles. The molecule has 0 aromatic heterocycles. The molecule has 9 heavy (non-hydrogen) atoms. The van der Waals surface area contributed by atoms with Crippen molar-refractivity contribution in [3.05, 3.63) is 12.7 Å². The van der Waals surface area contributed by atoms with E-state index in [0.29, 0.717) is 0 Å². The third-order valence-corrected chi connectivity index (χ3v) is 1.01. The van der Waals surface area contributed by atoms with Crippen molar-refractivity contribution in [2.75, 3.05) is 13.2 Å². The van der Waals surface area contributed by atoms with Crippen LogP contribution in [0, 0.1) is 6.58 Å². The molecule has 0 aliphatic carbocycles. The Kier molecular flexibility index (Phi) is 7.44. The van der Waals surface area contributed by atoms with Crippen LogP contribution in [0.25, 0.3) is 0 Å². The van der Waals surface area contributed by atoms with Gasteiger partial charge in [-0.2, -0.15) is 0 Å². The van der Waals surface area contributed by atoms with Crippen LogP contribution in [0.5, 0.6) is 0 Å². The van der Waals surface area contributed by atoms with Crippen LogP contribution in [0.15, 0.2) is 6.08 Å². The Bertz CT molecular complexity index is 59.6. The van der Waals surface area contributed by atoms with Crippen molar-refractivity contribution in [1.29, 1.82) is 0 Å². The highest BCUT2D eigenvalue weighted by molar-refractivity contribution is 4.60. The lowest BCUT2D eigenvalue weighted by Crippen LogP contribution is -1.94. The summed E-state index contributed by atoms with van der Waals surface area (Å²) >= 11 is 0. The summed E-state index contributed by atoms with van der Waals surface area (Å²) in [6.45, 7) is 9.00. The van der Waals surface area contributed by atoms with Gasteiger partial charge in [0.15, 0.2) is 0 Å². The topological polar surface area (TPSA) is 9.23 Å². The summed E-state index contributed by atoms with van der Waals surface area (Å²) in [6.07, 6.45) is 4.79. The third kappa shape index (κ3) is 7.70. The van der Waals surface area contributed by atoms with Gasteiger partial charge in [-0.3, -0.25) is 0 Å². The van der Waals surface area contributed by atoms with Crippen molar-refractivity contribution in [2.24, 2.45) is 0 Å². The second-order valence-electron chi connectivity index (χ2n) is 1.99. The molecule has 0 aromatic carbocycles. The Hall–Kier alpha value is -0.300. The van der Waals surface area contributed by atoms with Crippen molar-refractivity contribution >= 4 is 0 Å². The van der Waals surface area contributed by atoms with Crippen molar-refractivity contribution < 1.29 is 4.74 Å². The molecule has 1 heteroatoms. The second-order valence-corrected chi connectivity index (χ2v) is 1.99. The van der Waals surface area contributed by atoms with Gasteiger partial charge in [0, 0.05) is 13.2 Å². The Morgan fingerprint density at radius 1 is 1.44 bits per heavy atom. The lowest BCUT2D eigenvalue weighted by atomic mass is 10.3. The Labute approximate surface area is 57.7 Å². The standard InChI is InChI=1S/C8H15O/c1-3-5-6-8-9-7-4-2/h1,3H,4-8H2,2H3. The van der Waals surface area contributed by atoms with E-state index in [9.17, 15) is 0 Å². The minimum absolute atomic E-state index is 0.849. The predicted molar refractivity (Wildman–Crippen MR) is 39.2 cm³/mol. The summed E-state index contributed by atoms with van der Waals surface area (Å²) < 4.78 is 5.21. The lowest BCUT2D eigenvalue weighted by molar-refractivity contribution is 0.133. The quantitative estimate of drug-likeness (QED) is 0.497. The van der Waals surface area contributed by atoms with Gasteiger partial charge >= 0.3 is 0 Å². The molecule has 0 aliphatic rings. The Morgan fingerprint density at radius 2 is 2.22 bits per heavy atom. The van der Waals surface area contributed by atoms with Gasteiger partial charge in [0.1, 0.15) is 0 Å². The smallest absolute Gasteiger partial charge is 0.0468 e. The van der Waals surface area contributed by atoms with Gasteiger partial charge in [-0.25, -0.2) is 0 Å². The zero-order valence-corrected chi connectivity index (χ0v) is 6.10. The predicted octanol–water partition coefficient (Wildman–Crippen LogP) is 2.18. The first-order chi connectivity index (χ1) is 4.41. The van der Waals surface area contributed by atoms with Crippen molar-refractivity contribution in [3.63, 3.8) is 0 Å². The molecule has 0 saturated carbocycles. The van der Waals surface area contributed by atoms with E-state index in [2.05, 4.69) is 6.92 Å². The maximum absolute atomic E-state index is 5.21. The Balaban J connectivity index is 2.66. The summed E-state index contributed by atoms with van der Waals surface area (Å²) in [6, 6.07) is 0.